The van der Waals surface area contributed by atoms with Crippen LogP contribution in [0.4, 0.5) is 5.69 Å². The van der Waals surface area contributed by atoms with E-state index < -0.39 is 11.5 Å². The summed E-state index contributed by atoms with van der Waals surface area (Å²) in [6.07, 6.45) is 0. The van der Waals surface area contributed by atoms with Gasteiger partial charge in [0, 0.05) is 12.7 Å². The standard InChI is InChI=1S/C13H17N3O2/c1-8-14-10-7-9(5-6-11(10)16(8)4)15-12(17)13(2,3)18/h5-7,18H,1-4H3,(H,15,17). The number of aromatic nitrogens is 2. The molecule has 0 spiro atoms. The molecule has 0 aliphatic heterocycles. The van der Waals surface area contributed by atoms with E-state index in [4.69, 9.17) is 0 Å². The van der Waals surface area contributed by atoms with Crippen molar-refractivity contribution in [3.63, 3.8) is 0 Å². The number of hydrogen-bond acceptors (Lipinski definition) is 3. The van der Waals surface area contributed by atoms with Crippen molar-refractivity contribution < 1.29 is 9.90 Å². The highest BCUT2D eigenvalue weighted by Gasteiger charge is 2.23. The van der Waals surface area contributed by atoms with Crippen molar-refractivity contribution in [1.82, 2.24) is 9.55 Å². The Morgan fingerprint density at radius 1 is 1.44 bits per heavy atom. The molecule has 0 aliphatic rings. The molecule has 2 N–H and O–H groups in total. The number of carbonyl (C=O) groups is 1. The molecule has 0 bridgehead atoms. The number of nitrogens with one attached hydrogen (secondary N) is 1. The fourth-order valence-electron chi connectivity index (χ4n) is 1.68. The fraction of sp³-hybridized carbons (Fsp3) is 0.385. The first-order valence-corrected chi connectivity index (χ1v) is 5.76. The summed E-state index contributed by atoms with van der Waals surface area (Å²) in [6.45, 7) is 4.83. The van der Waals surface area contributed by atoms with E-state index in [-0.39, 0.29) is 0 Å². The van der Waals surface area contributed by atoms with E-state index in [2.05, 4.69) is 10.3 Å². The van der Waals surface area contributed by atoms with Gasteiger partial charge in [-0.2, -0.15) is 0 Å². The molecule has 1 heterocycles. The maximum absolute atomic E-state index is 11.7. The van der Waals surface area contributed by atoms with Gasteiger partial charge in [0.2, 0.25) is 0 Å². The highest BCUT2D eigenvalue weighted by molar-refractivity contribution is 5.97. The van der Waals surface area contributed by atoms with Crippen LogP contribution in [0.15, 0.2) is 18.2 Å². The topological polar surface area (TPSA) is 67.2 Å². The maximum atomic E-state index is 11.7. The molecule has 1 aromatic carbocycles. The number of amides is 1. The van der Waals surface area contributed by atoms with Crippen LogP contribution in [0.1, 0.15) is 19.7 Å². The number of nitrogens with zero attached hydrogens (tertiary/aromatic N) is 2. The minimum Gasteiger partial charge on any atom is -0.381 e. The second-order valence-corrected chi connectivity index (χ2v) is 4.93. The highest BCUT2D eigenvalue weighted by atomic mass is 16.3. The molecular formula is C13H17N3O2. The third-order valence-electron chi connectivity index (χ3n) is 2.92. The van der Waals surface area contributed by atoms with Gasteiger partial charge in [-0.05, 0) is 39.0 Å². The Hall–Kier alpha value is -1.88. The molecule has 1 amide bonds. The van der Waals surface area contributed by atoms with Gasteiger partial charge in [0.25, 0.3) is 5.91 Å². The monoisotopic (exact) mass is 247 g/mol. The first kappa shape index (κ1) is 12.6. The normalized spacial score (nSPS) is 11.8. The molecule has 96 valence electrons. The first-order chi connectivity index (χ1) is 8.29. The molecule has 2 aromatic rings. The van der Waals surface area contributed by atoms with E-state index in [0.29, 0.717) is 5.69 Å². The zero-order chi connectivity index (χ0) is 13.5. The third kappa shape index (κ3) is 2.22. The minimum absolute atomic E-state index is 0.436. The Morgan fingerprint density at radius 3 is 2.72 bits per heavy atom. The summed E-state index contributed by atoms with van der Waals surface area (Å²) in [5.74, 6) is 0.477. The van der Waals surface area contributed by atoms with Gasteiger partial charge >= 0.3 is 0 Å². The summed E-state index contributed by atoms with van der Waals surface area (Å²) < 4.78 is 1.98. The Morgan fingerprint density at radius 2 is 2.11 bits per heavy atom. The SMILES string of the molecule is Cc1nc2cc(NC(=O)C(C)(C)O)ccc2n1C. The number of aliphatic hydroxyl groups is 1. The molecule has 0 fully saturated rings. The Bertz CT molecular complexity index is 608. The quantitative estimate of drug-likeness (QED) is 0.847. The number of fused-ring (bicyclic) bond motifs is 1. The largest absolute Gasteiger partial charge is 0.381 e. The van der Waals surface area contributed by atoms with Gasteiger partial charge in [0.15, 0.2) is 0 Å². The minimum atomic E-state index is -1.39. The molecule has 0 saturated heterocycles. The zero-order valence-electron chi connectivity index (χ0n) is 11.0. The van der Waals surface area contributed by atoms with Crippen molar-refractivity contribution in [3.05, 3.63) is 24.0 Å². The number of carbonyl (C=O) groups excluding carboxylic acids is 1. The Kier molecular flexibility index (Phi) is 2.86. The van der Waals surface area contributed by atoms with E-state index >= 15 is 0 Å². The summed E-state index contributed by atoms with van der Waals surface area (Å²) in [4.78, 5) is 16.0. The number of imidazole rings is 1. The summed E-state index contributed by atoms with van der Waals surface area (Å²) in [5, 5.41) is 12.2. The van der Waals surface area contributed by atoms with E-state index in [1.807, 2.05) is 24.6 Å². The molecule has 5 heteroatoms. The zero-order valence-corrected chi connectivity index (χ0v) is 11.0. The van der Waals surface area contributed by atoms with Crippen LogP contribution in [-0.4, -0.2) is 26.2 Å². The predicted molar refractivity (Wildman–Crippen MR) is 70.4 cm³/mol. The van der Waals surface area contributed by atoms with E-state index in [1.165, 1.54) is 13.8 Å². The van der Waals surface area contributed by atoms with Gasteiger partial charge in [-0.1, -0.05) is 0 Å². The van der Waals surface area contributed by atoms with E-state index in [9.17, 15) is 9.90 Å². The van der Waals surface area contributed by atoms with Crippen LogP contribution in [-0.2, 0) is 11.8 Å². The number of benzene rings is 1. The Balaban J connectivity index is 2.34. The highest BCUT2D eigenvalue weighted by Crippen LogP contribution is 2.20. The van der Waals surface area contributed by atoms with Gasteiger partial charge in [0.1, 0.15) is 11.4 Å². The van der Waals surface area contributed by atoms with Crippen molar-refractivity contribution >= 4 is 22.6 Å². The molecule has 5 nitrogen and oxygen atoms in total. The number of hydrogen-bond donors (Lipinski definition) is 2. The average molecular weight is 247 g/mol. The van der Waals surface area contributed by atoms with Crippen LogP contribution >= 0.6 is 0 Å². The van der Waals surface area contributed by atoms with Crippen LogP contribution < -0.4 is 5.32 Å². The van der Waals surface area contributed by atoms with Crippen LogP contribution in [0.2, 0.25) is 0 Å². The Labute approximate surface area is 105 Å². The molecule has 0 unspecified atom stereocenters. The molecule has 0 radical (unpaired) electrons. The van der Waals surface area contributed by atoms with Gasteiger partial charge in [-0.15, -0.1) is 0 Å². The van der Waals surface area contributed by atoms with E-state index in [1.54, 1.807) is 12.1 Å². The lowest BCUT2D eigenvalue weighted by Crippen LogP contribution is -2.36. The van der Waals surface area contributed by atoms with Crippen molar-refractivity contribution in [2.45, 2.75) is 26.4 Å². The fourth-order valence-corrected chi connectivity index (χ4v) is 1.68. The first-order valence-electron chi connectivity index (χ1n) is 5.76. The number of anilines is 1. The summed E-state index contributed by atoms with van der Waals surface area (Å²) in [5.41, 5.74) is 1.07. The predicted octanol–water partition coefficient (Wildman–Crippen LogP) is 1.59. The molecule has 0 atom stereocenters. The van der Waals surface area contributed by atoms with E-state index in [0.717, 1.165) is 16.9 Å². The molecular weight excluding hydrogens is 230 g/mol. The van der Waals surface area contributed by atoms with Crippen molar-refractivity contribution in [1.29, 1.82) is 0 Å². The second-order valence-electron chi connectivity index (χ2n) is 4.93. The lowest BCUT2D eigenvalue weighted by molar-refractivity contribution is -0.130. The van der Waals surface area contributed by atoms with Crippen LogP contribution in [0.5, 0.6) is 0 Å². The summed E-state index contributed by atoms with van der Waals surface area (Å²) in [7, 11) is 1.94. The maximum Gasteiger partial charge on any atom is 0.255 e. The smallest absolute Gasteiger partial charge is 0.255 e. The average Bonchev–Trinajstić information content (AvgIpc) is 2.53. The molecule has 0 aliphatic carbocycles. The van der Waals surface area contributed by atoms with Gasteiger partial charge in [-0.25, -0.2) is 4.98 Å². The third-order valence-corrected chi connectivity index (χ3v) is 2.92. The van der Waals surface area contributed by atoms with Crippen LogP contribution in [0.3, 0.4) is 0 Å². The van der Waals surface area contributed by atoms with Crippen molar-refractivity contribution in [2.24, 2.45) is 7.05 Å². The number of rotatable bonds is 2. The van der Waals surface area contributed by atoms with Crippen LogP contribution in [0, 0.1) is 6.92 Å². The second kappa shape index (κ2) is 4.10. The van der Waals surface area contributed by atoms with Crippen LogP contribution in [0.25, 0.3) is 11.0 Å². The molecule has 18 heavy (non-hydrogen) atoms. The lowest BCUT2D eigenvalue weighted by atomic mass is 10.1. The van der Waals surface area contributed by atoms with Gasteiger partial charge < -0.3 is 15.0 Å². The number of aryl methyl sites for hydroxylation is 2. The van der Waals surface area contributed by atoms with Crippen molar-refractivity contribution in [2.75, 3.05) is 5.32 Å². The summed E-state index contributed by atoms with van der Waals surface area (Å²) >= 11 is 0. The van der Waals surface area contributed by atoms with Gasteiger partial charge in [-0.3, -0.25) is 4.79 Å². The molecule has 1 aromatic heterocycles. The molecule has 0 saturated carbocycles. The summed E-state index contributed by atoms with van der Waals surface area (Å²) in [6, 6.07) is 5.49. The lowest BCUT2D eigenvalue weighted by Gasteiger charge is -2.16. The van der Waals surface area contributed by atoms with Crippen molar-refractivity contribution in [3.8, 4) is 0 Å². The molecule has 2 rings (SSSR count). The van der Waals surface area contributed by atoms with Gasteiger partial charge in [0.05, 0.1) is 11.0 Å².